The molecule has 1 radical (unpaired) electrons. The zero-order valence-corrected chi connectivity index (χ0v) is 29.6. The maximum Gasteiger partial charge on any atom is 0.0737 e. The molecule has 8 bridgehead atoms. The number of rotatable bonds is 4. The lowest BCUT2D eigenvalue weighted by atomic mass is 9.89. The molecule has 0 saturated carbocycles. The number of hydrogen-bond donors (Lipinski definition) is 2. The van der Waals surface area contributed by atoms with Gasteiger partial charge >= 0.3 is 0 Å². The van der Waals surface area contributed by atoms with Crippen LogP contribution in [0.1, 0.15) is 56.0 Å². The van der Waals surface area contributed by atoms with Gasteiger partial charge in [0, 0.05) is 44.3 Å². The number of H-pyrrole nitrogens is 2. The number of benzene rings is 3. The van der Waals surface area contributed by atoms with Crippen LogP contribution in [0.15, 0.2) is 121 Å². The summed E-state index contributed by atoms with van der Waals surface area (Å²) < 4.78 is 0. The Morgan fingerprint density at radius 2 is 0.788 bits per heavy atom. The number of aromatic amines is 2. The molecule has 3 aliphatic rings. The maximum absolute atomic E-state index is 13.8. The van der Waals surface area contributed by atoms with E-state index < -0.39 is 11.1 Å². The molecule has 6 heteroatoms. The van der Waals surface area contributed by atoms with E-state index in [1.807, 2.05) is 45.9 Å². The van der Waals surface area contributed by atoms with Gasteiger partial charge < -0.3 is 9.97 Å². The van der Waals surface area contributed by atoms with E-state index in [0.29, 0.717) is 0 Å². The van der Waals surface area contributed by atoms with E-state index in [1.165, 1.54) is 5.06 Å². The van der Waals surface area contributed by atoms with Crippen molar-refractivity contribution >= 4 is 51.9 Å². The molecule has 3 aromatic carbocycles. The molecule has 253 valence electrons. The smallest absolute Gasteiger partial charge is 0.0737 e. The monoisotopic (exact) mass is 676 g/mol. The van der Waals surface area contributed by atoms with Crippen molar-refractivity contribution in [3.63, 3.8) is 0 Å². The third-order valence-electron chi connectivity index (χ3n) is 10.4. The molecule has 6 aromatic rings. The summed E-state index contributed by atoms with van der Waals surface area (Å²) in [7, 11) is 0. The highest BCUT2D eigenvalue weighted by Crippen LogP contribution is 2.46. The molecule has 9 rings (SSSR count). The molecule has 0 unspecified atom stereocenters. The minimum atomic E-state index is -0.803. The summed E-state index contributed by atoms with van der Waals surface area (Å²) in [5.74, 6) is 0. The second-order valence-electron chi connectivity index (χ2n) is 14.7. The predicted molar refractivity (Wildman–Crippen MR) is 214 cm³/mol. The largest absolute Gasteiger partial charge is 0.354 e. The molecule has 6 heterocycles. The van der Waals surface area contributed by atoms with Crippen molar-refractivity contribution in [1.29, 1.82) is 0 Å². The van der Waals surface area contributed by atoms with Gasteiger partial charge in [-0.05, 0) is 98.5 Å². The van der Waals surface area contributed by atoms with Crippen LogP contribution in [0.25, 0.3) is 85.3 Å². The highest BCUT2D eigenvalue weighted by atomic mass is 16.5. The van der Waals surface area contributed by atoms with Crippen LogP contribution in [-0.2, 0) is 5.21 Å². The highest BCUT2D eigenvalue weighted by Gasteiger charge is 2.47. The van der Waals surface area contributed by atoms with Crippen LogP contribution in [0, 0.1) is 0 Å². The summed E-state index contributed by atoms with van der Waals surface area (Å²) in [5.41, 5.74) is 13.6. The van der Waals surface area contributed by atoms with E-state index in [1.54, 1.807) is 0 Å². The average Bonchev–Trinajstić information content (AvgIpc) is 4.01. The summed E-state index contributed by atoms with van der Waals surface area (Å²) >= 11 is 0. The van der Waals surface area contributed by atoms with Crippen molar-refractivity contribution in [2.75, 3.05) is 0 Å². The van der Waals surface area contributed by atoms with Gasteiger partial charge in [0.2, 0.25) is 0 Å². The van der Waals surface area contributed by atoms with E-state index >= 15 is 0 Å². The molecule has 0 saturated heterocycles. The fourth-order valence-corrected chi connectivity index (χ4v) is 8.01. The summed E-state index contributed by atoms with van der Waals surface area (Å²) in [6.45, 7) is 7.94. The number of nitrogens with zero attached hydrogens (tertiary/aromatic N) is 3. The lowest BCUT2D eigenvalue weighted by Crippen LogP contribution is -2.46. The van der Waals surface area contributed by atoms with Gasteiger partial charge in [0.05, 0.1) is 33.9 Å². The summed E-state index contributed by atoms with van der Waals surface area (Å²) in [4.78, 5) is 18.4. The number of nitrogens with one attached hydrogen (secondary N) is 2. The summed E-state index contributed by atoms with van der Waals surface area (Å²) in [6, 6.07) is 39.7. The number of fused-ring (bicyclic) bond motifs is 8. The van der Waals surface area contributed by atoms with Gasteiger partial charge in [0.25, 0.3) is 0 Å². The van der Waals surface area contributed by atoms with Gasteiger partial charge in [-0.1, -0.05) is 97.1 Å². The lowest BCUT2D eigenvalue weighted by molar-refractivity contribution is -0.234. The van der Waals surface area contributed by atoms with Gasteiger partial charge in [-0.25, -0.2) is 9.97 Å². The van der Waals surface area contributed by atoms with Crippen molar-refractivity contribution in [3.05, 3.63) is 150 Å². The maximum atomic E-state index is 13.8. The third kappa shape index (κ3) is 5.18. The fourth-order valence-electron chi connectivity index (χ4n) is 8.01. The molecule has 3 aliphatic heterocycles. The molecule has 3 aromatic heterocycles. The quantitative estimate of drug-likeness (QED) is 0.195. The molecule has 52 heavy (non-hydrogen) atoms. The molecule has 0 amide bonds. The summed E-state index contributed by atoms with van der Waals surface area (Å²) in [6.07, 6.45) is 10.5. The molecular weight excluding hydrogens is 639 g/mol. The van der Waals surface area contributed by atoms with Crippen molar-refractivity contribution in [1.82, 2.24) is 25.0 Å². The van der Waals surface area contributed by atoms with Crippen molar-refractivity contribution in [2.45, 2.75) is 38.8 Å². The first kappa shape index (κ1) is 31.9. The Morgan fingerprint density at radius 3 is 1.12 bits per heavy atom. The zero-order valence-electron chi connectivity index (χ0n) is 29.6. The van der Waals surface area contributed by atoms with Crippen LogP contribution in [-0.4, -0.2) is 36.1 Å². The van der Waals surface area contributed by atoms with Crippen molar-refractivity contribution in [2.24, 2.45) is 0 Å². The number of hydrogen-bond acceptors (Lipinski definition) is 3. The molecule has 0 spiro atoms. The SMILES string of the molecule is CC1(C)C=C(c2c3nc(c(-c4ccccc4)c4ccc([nH]4)c(-c4ccccc4)c4nc(c(-c5ccccc5)c5ccc2[nH]5)C=C4)C=C3)C(C)(C)N1[O]. The zero-order chi connectivity index (χ0) is 35.6. The topological polar surface area (TPSA) is 80.5 Å². The van der Waals surface area contributed by atoms with Crippen LogP contribution >= 0.6 is 0 Å². The minimum Gasteiger partial charge on any atom is -0.354 e. The van der Waals surface area contributed by atoms with Crippen LogP contribution < -0.4 is 0 Å². The fraction of sp³-hybridized carbons (Fsp3) is 0.130. The van der Waals surface area contributed by atoms with Gasteiger partial charge in [-0.3, -0.25) is 0 Å². The first-order chi connectivity index (χ1) is 25.2. The Kier molecular flexibility index (Phi) is 7.36. The Morgan fingerprint density at radius 1 is 0.462 bits per heavy atom. The summed E-state index contributed by atoms with van der Waals surface area (Å²) in [5, 5.41) is 15.0. The van der Waals surface area contributed by atoms with E-state index in [9.17, 15) is 5.21 Å². The van der Waals surface area contributed by atoms with Gasteiger partial charge in [-0.15, -0.1) is 10.3 Å². The third-order valence-corrected chi connectivity index (χ3v) is 10.4. The number of aromatic nitrogens is 4. The van der Waals surface area contributed by atoms with Crippen LogP contribution in [0.4, 0.5) is 0 Å². The Labute approximate surface area is 303 Å². The molecule has 2 N–H and O–H groups in total. The average molecular weight is 677 g/mol. The molecular formula is C46H38N5O. The highest BCUT2D eigenvalue weighted by molar-refractivity contribution is 5.99. The first-order valence-corrected chi connectivity index (χ1v) is 17.7. The predicted octanol–water partition coefficient (Wildman–Crippen LogP) is 11.3. The van der Waals surface area contributed by atoms with Crippen LogP contribution in [0.5, 0.6) is 0 Å². The van der Waals surface area contributed by atoms with Gasteiger partial charge in [-0.2, -0.15) is 0 Å². The van der Waals surface area contributed by atoms with E-state index in [0.717, 1.165) is 89.4 Å². The Bertz CT molecular complexity index is 2590. The second-order valence-corrected chi connectivity index (χ2v) is 14.7. The van der Waals surface area contributed by atoms with Gasteiger partial charge in [0.15, 0.2) is 0 Å². The second kappa shape index (κ2) is 12.0. The van der Waals surface area contributed by atoms with E-state index in [2.05, 4.69) is 137 Å². The van der Waals surface area contributed by atoms with E-state index in [4.69, 9.17) is 9.97 Å². The van der Waals surface area contributed by atoms with Crippen LogP contribution in [0.2, 0.25) is 0 Å². The first-order valence-electron chi connectivity index (χ1n) is 17.7. The van der Waals surface area contributed by atoms with Crippen molar-refractivity contribution < 1.29 is 5.21 Å². The molecule has 0 fully saturated rings. The number of hydroxylamine groups is 2. The van der Waals surface area contributed by atoms with Gasteiger partial charge in [0.1, 0.15) is 0 Å². The normalized spacial score (nSPS) is 16.0. The molecule has 0 aliphatic carbocycles. The Hall–Kier alpha value is -6.08. The Balaban J connectivity index is 1.48. The van der Waals surface area contributed by atoms with Crippen molar-refractivity contribution in [3.8, 4) is 33.4 Å². The molecule has 0 atom stereocenters. The molecule has 6 nitrogen and oxygen atoms in total. The standard InChI is InChI=1S/C46H38N5O/c1-45(2)28-32(46(3,4)51(45)52)44-39-26-24-37(49-39)42(30-16-10-6-11-17-30)35-22-20-33(47-35)41(29-14-8-5-9-15-29)34-21-23-36(48-34)43(31-18-12-7-13-19-31)38-25-27-40(44)50-38/h5-28,47,50H,1-4H3. The van der Waals surface area contributed by atoms with E-state index in [-0.39, 0.29) is 0 Å². The minimum absolute atomic E-state index is 0.697. The lowest BCUT2D eigenvalue weighted by Gasteiger charge is -2.34. The van der Waals surface area contributed by atoms with Crippen LogP contribution in [0.3, 0.4) is 0 Å².